The third-order valence-corrected chi connectivity index (χ3v) is 2.99. The maximum atomic E-state index is 5.76. The summed E-state index contributed by atoms with van der Waals surface area (Å²) in [5.74, 6) is 1.64. The monoisotopic (exact) mass is 241 g/mol. The Kier molecular flexibility index (Phi) is 2.89. The van der Waals surface area contributed by atoms with E-state index in [0.29, 0.717) is 0 Å². The second-order valence-electron chi connectivity index (χ2n) is 4.34. The minimum Gasteiger partial charge on any atom is -0.464 e. The van der Waals surface area contributed by atoms with Crippen LogP contribution in [-0.2, 0) is 6.42 Å². The quantitative estimate of drug-likeness (QED) is 0.678. The zero-order valence-electron chi connectivity index (χ0n) is 10.3. The van der Waals surface area contributed by atoms with E-state index in [4.69, 9.17) is 8.83 Å². The number of rotatable bonds is 4. The summed E-state index contributed by atoms with van der Waals surface area (Å²) < 4.78 is 11.2. The molecule has 0 amide bonds. The van der Waals surface area contributed by atoms with E-state index in [9.17, 15) is 0 Å². The van der Waals surface area contributed by atoms with E-state index in [1.807, 2.05) is 30.3 Å². The summed E-state index contributed by atoms with van der Waals surface area (Å²) >= 11 is 0. The topological polar surface area (TPSA) is 39.2 Å². The van der Waals surface area contributed by atoms with Crippen molar-refractivity contribution in [1.82, 2.24) is 4.98 Å². The number of hydrogen-bond donors (Lipinski definition) is 0. The van der Waals surface area contributed by atoms with Gasteiger partial charge in [0.05, 0.1) is 6.26 Å². The molecule has 0 saturated heterocycles. The lowest BCUT2D eigenvalue weighted by Gasteiger charge is -1.95. The molecular weight excluding hydrogens is 226 g/mol. The molecule has 3 nitrogen and oxygen atoms in total. The first kappa shape index (κ1) is 11.1. The smallest absolute Gasteiger partial charge is 0.195 e. The zero-order chi connectivity index (χ0) is 12.4. The fourth-order valence-corrected chi connectivity index (χ4v) is 2.06. The van der Waals surface area contributed by atoms with Gasteiger partial charge < -0.3 is 8.83 Å². The molecule has 0 aliphatic rings. The molecular formula is C15H15NO2. The summed E-state index contributed by atoms with van der Waals surface area (Å²) in [6.07, 6.45) is 4.81. The number of hydrogen-bond acceptors (Lipinski definition) is 3. The number of benzene rings is 1. The molecule has 3 heteroatoms. The van der Waals surface area contributed by atoms with Crippen LogP contribution in [0.2, 0.25) is 0 Å². The van der Waals surface area contributed by atoms with Crippen molar-refractivity contribution in [2.24, 2.45) is 0 Å². The predicted octanol–water partition coefficient (Wildman–Crippen LogP) is 4.43. The minimum atomic E-state index is 0.811. The third kappa shape index (κ3) is 1.92. The van der Waals surface area contributed by atoms with Crippen LogP contribution in [0.15, 0.2) is 45.4 Å². The van der Waals surface area contributed by atoms with Crippen LogP contribution in [0.4, 0.5) is 0 Å². The van der Waals surface area contributed by atoms with Gasteiger partial charge in [-0.05, 0) is 30.7 Å². The van der Waals surface area contributed by atoms with Crippen molar-refractivity contribution in [2.45, 2.75) is 26.2 Å². The van der Waals surface area contributed by atoms with Crippen LogP contribution in [0.25, 0.3) is 22.4 Å². The Labute approximate surface area is 105 Å². The van der Waals surface area contributed by atoms with Crippen molar-refractivity contribution in [1.29, 1.82) is 0 Å². The Balaban J connectivity index is 2.07. The van der Waals surface area contributed by atoms with Gasteiger partial charge in [-0.25, -0.2) is 4.98 Å². The molecule has 0 radical (unpaired) electrons. The Morgan fingerprint density at radius 1 is 1.17 bits per heavy atom. The van der Waals surface area contributed by atoms with Crippen molar-refractivity contribution < 1.29 is 8.83 Å². The molecule has 0 fully saturated rings. The van der Waals surface area contributed by atoms with E-state index in [1.165, 1.54) is 0 Å². The molecule has 0 atom stereocenters. The summed E-state index contributed by atoms with van der Waals surface area (Å²) in [5.41, 5.74) is 2.71. The standard InChI is InChI=1S/C15H15NO2/c1-2-3-9-14-16-15-11(12-8-5-10-17-12)6-4-7-13(15)18-14/h4-8,10H,2-3,9H2,1H3. The number of furan rings is 1. The van der Waals surface area contributed by atoms with E-state index < -0.39 is 0 Å². The Morgan fingerprint density at radius 3 is 2.89 bits per heavy atom. The van der Waals surface area contributed by atoms with Crippen LogP contribution in [0, 0.1) is 0 Å². The lowest BCUT2D eigenvalue weighted by atomic mass is 10.1. The summed E-state index contributed by atoms with van der Waals surface area (Å²) in [4.78, 5) is 4.58. The molecule has 0 bridgehead atoms. The van der Waals surface area contributed by atoms with E-state index >= 15 is 0 Å². The highest BCUT2D eigenvalue weighted by atomic mass is 16.3. The van der Waals surface area contributed by atoms with Gasteiger partial charge in [-0.1, -0.05) is 19.4 Å². The molecule has 3 aromatic rings. The second-order valence-corrected chi connectivity index (χ2v) is 4.34. The highest BCUT2D eigenvalue weighted by Crippen LogP contribution is 2.29. The first-order valence-corrected chi connectivity index (χ1v) is 6.31. The SMILES string of the molecule is CCCCc1nc2c(-c3ccco3)cccc2o1. The molecule has 0 unspecified atom stereocenters. The van der Waals surface area contributed by atoms with Gasteiger partial charge in [-0.15, -0.1) is 0 Å². The van der Waals surface area contributed by atoms with Crippen molar-refractivity contribution in [3.05, 3.63) is 42.5 Å². The Morgan fingerprint density at radius 2 is 2.11 bits per heavy atom. The molecule has 1 aromatic carbocycles. The summed E-state index contributed by atoms with van der Waals surface area (Å²) in [6, 6.07) is 9.74. The summed E-state index contributed by atoms with van der Waals surface area (Å²) in [6.45, 7) is 2.16. The molecule has 0 saturated carbocycles. The number of fused-ring (bicyclic) bond motifs is 1. The predicted molar refractivity (Wildman–Crippen MR) is 70.3 cm³/mol. The fraction of sp³-hybridized carbons (Fsp3) is 0.267. The molecule has 2 heterocycles. The first-order valence-electron chi connectivity index (χ1n) is 6.31. The van der Waals surface area contributed by atoms with E-state index in [1.54, 1.807) is 6.26 Å². The van der Waals surface area contributed by atoms with Gasteiger partial charge in [-0.2, -0.15) is 0 Å². The largest absolute Gasteiger partial charge is 0.464 e. The van der Waals surface area contributed by atoms with Crippen LogP contribution in [0.1, 0.15) is 25.7 Å². The average molecular weight is 241 g/mol. The number of unbranched alkanes of at least 4 members (excludes halogenated alkanes) is 1. The molecule has 18 heavy (non-hydrogen) atoms. The lowest BCUT2D eigenvalue weighted by Crippen LogP contribution is -1.83. The first-order chi connectivity index (χ1) is 8.88. The van der Waals surface area contributed by atoms with Crippen molar-refractivity contribution >= 4 is 11.1 Å². The van der Waals surface area contributed by atoms with Crippen LogP contribution >= 0.6 is 0 Å². The van der Waals surface area contributed by atoms with Gasteiger partial charge in [-0.3, -0.25) is 0 Å². The van der Waals surface area contributed by atoms with Crippen LogP contribution in [0.3, 0.4) is 0 Å². The molecule has 0 spiro atoms. The van der Waals surface area contributed by atoms with Crippen molar-refractivity contribution in [2.75, 3.05) is 0 Å². The number of para-hydroxylation sites is 1. The van der Waals surface area contributed by atoms with Crippen LogP contribution in [-0.4, -0.2) is 4.98 Å². The number of nitrogens with zero attached hydrogens (tertiary/aromatic N) is 1. The van der Waals surface area contributed by atoms with E-state index in [2.05, 4.69) is 11.9 Å². The molecule has 0 aliphatic carbocycles. The maximum absolute atomic E-state index is 5.76. The lowest BCUT2D eigenvalue weighted by molar-refractivity contribution is 0.517. The molecule has 2 aromatic heterocycles. The average Bonchev–Trinajstić information content (AvgIpc) is 3.04. The number of aryl methyl sites for hydroxylation is 1. The zero-order valence-corrected chi connectivity index (χ0v) is 10.3. The van der Waals surface area contributed by atoms with Gasteiger partial charge in [0, 0.05) is 12.0 Å². The molecule has 0 N–H and O–H groups in total. The highest BCUT2D eigenvalue weighted by Gasteiger charge is 2.12. The van der Waals surface area contributed by atoms with E-state index in [-0.39, 0.29) is 0 Å². The van der Waals surface area contributed by atoms with Crippen molar-refractivity contribution in [3.63, 3.8) is 0 Å². The van der Waals surface area contributed by atoms with Gasteiger partial charge >= 0.3 is 0 Å². The normalized spacial score (nSPS) is 11.2. The molecule has 0 aliphatic heterocycles. The van der Waals surface area contributed by atoms with Gasteiger partial charge in [0.15, 0.2) is 11.5 Å². The van der Waals surface area contributed by atoms with Crippen LogP contribution < -0.4 is 0 Å². The van der Waals surface area contributed by atoms with Gasteiger partial charge in [0.2, 0.25) is 0 Å². The van der Waals surface area contributed by atoms with Gasteiger partial charge in [0.1, 0.15) is 11.3 Å². The molecule has 92 valence electrons. The third-order valence-electron chi connectivity index (χ3n) is 2.99. The van der Waals surface area contributed by atoms with E-state index in [0.717, 1.165) is 47.6 Å². The maximum Gasteiger partial charge on any atom is 0.195 e. The van der Waals surface area contributed by atoms with Crippen LogP contribution in [0.5, 0.6) is 0 Å². The summed E-state index contributed by atoms with van der Waals surface area (Å²) in [5, 5.41) is 0. The second kappa shape index (κ2) is 4.69. The Hall–Kier alpha value is -2.03. The van der Waals surface area contributed by atoms with Gasteiger partial charge in [0.25, 0.3) is 0 Å². The minimum absolute atomic E-state index is 0.811. The van der Waals surface area contributed by atoms with Crippen molar-refractivity contribution in [3.8, 4) is 11.3 Å². The summed E-state index contributed by atoms with van der Waals surface area (Å²) in [7, 11) is 0. The highest BCUT2D eigenvalue weighted by molar-refractivity contribution is 5.89. The molecule has 3 rings (SSSR count). The Bertz CT molecular complexity index is 638. The number of oxazole rings is 1. The fourth-order valence-electron chi connectivity index (χ4n) is 2.06. The number of aromatic nitrogens is 1.